The number of rotatable bonds is 2. The highest BCUT2D eigenvalue weighted by Crippen LogP contribution is 2.20. The van der Waals surface area contributed by atoms with Crippen LogP contribution < -0.4 is 0 Å². The molecule has 0 bridgehead atoms. The van der Waals surface area contributed by atoms with E-state index in [1.165, 1.54) is 7.11 Å². The van der Waals surface area contributed by atoms with Crippen molar-refractivity contribution in [2.75, 3.05) is 14.2 Å². The van der Waals surface area contributed by atoms with Gasteiger partial charge in [-0.1, -0.05) is 0 Å². The van der Waals surface area contributed by atoms with Crippen LogP contribution in [-0.2, 0) is 22.4 Å². The number of aryl methyl sites for hydroxylation is 1. The van der Waals surface area contributed by atoms with Crippen LogP contribution in [0.2, 0.25) is 0 Å². The number of fused-ring (bicyclic) bond motifs is 1. The molecule has 1 atom stereocenters. The number of carbonyl (C=O) groups excluding carboxylic acids is 1. The predicted molar refractivity (Wildman–Crippen MR) is 54.9 cm³/mol. The maximum atomic E-state index is 11.3. The van der Waals surface area contributed by atoms with E-state index in [2.05, 4.69) is 9.30 Å². The van der Waals surface area contributed by atoms with Crippen LogP contribution in [0.1, 0.15) is 22.5 Å². The first-order chi connectivity index (χ1) is 7.24. The summed E-state index contributed by atoms with van der Waals surface area (Å²) in [6, 6.07) is 1.89. The molecule has 0 spiro atoms. The molecule has 0 fully saturated rings. The Morgan fingerprint density at radius 3 is 3.00 bits per heavy atom. The molecular weight excluding hydrogens is 194 g/mol. The molecule has 2 heterocycles. The van der Waals surface area contributed by atoms with Gasteiger partial charge < -0.3 is 14.0 Å². The van der Waals surface area contributed by atoms with Gasteiger partial charge in [0.05, 0.1) is 18.8 Å². The van der Waals surface area contributed by atoms with Gasteiger partial charge in [0.25, 0.3) is 0 Å². The summed E-state index contributed by atoms with van der Waals surface area (Å²) in [4.78, 5) is 11.3. The molecule has 1 aliphatic heterocycles. The molecule has 1 aliphatic rings. The topological polar surface area (TPSA) is 40.5 Å². The van der Waals surface area contributed by atoms with Crippen LogP contribution in [0.25, 0.3) is 0 Å². The van der Waals surface area contributed by atoms with Crippen molar-refractivity contribution in [3.05, 3.63) is 23.5 Å². The summed E-state index contributed by atoms with van der Waals surface area (Å²) in [5.74, 6) is -0.272. The van der Waals surface area contributed by atoms with Gasteiger partial charge in [-0.25, -0.2) is 4.79 Å². The number of aromatic nitrogens is 1. The zero-order valence-corrected chi connectivity index (χ0v) is 9.03. The Hall–Kier alpha value is -1.29. The number of esters is 1. The predicted octanol–water partition coefficient (Wildman–Crippen LogP) is 1.24. The van der Waals surface area contributed by atoms with Crippen molar-refractivity contribution < 1.29 is 14.3 Å². The van der Waals surface area contributed by atoms with Crippen molar-refractivity contribution in [1.29, 1.82) is 0 Å². The zero-order valence-electron chi connectivity index (χ0n) is 9.03. The zero-order chi connectivity index (χ0) is 10.8. The van der Waals surface area contributed by atoms with E-state index < -0.39 is 0 Å². The molecule has 1 unspecified atom stereocenters. The summed E-state index contributed by atoms with van der Waals surface area (Å²) in [5.41, 5.74) is 1.78. The number of methoxy groups -OCH3 is 2. The number of hydrogen-bond donors (Lipinski definition) is 0. The maximum absolute atomic E-state index is 11.3. The van der Waals surface area contributed by atoms with Gasteiger partial charge in [0.1, 0.15) is 0 Å². The molecule has 15 heavy (non-hydrogen) atoms. The van der Waals surface area contributed by atoms with E-state index in [9.17, 15) is 4.79 Å². The van der Waals surface area contributed by atoms with Gasteiger partial charge in [0.15, 0.2) is 0 Å². The van der Waals surface area contributed by atoms with Crippen molar-refractivity contribution in [1.82, 2.24) is 4.57 Å². The minimum absolute atomic E-state index is 0.272. The smallest absolute Gasteiger partial charge is 0.339 e. The van der Waals surface area contributed by atoms with Crippen LogP contribution in [0.3, 0.4) is 0 Å². The number of hydrogen-bond acceptors (Lipinski definition) is 3. The van der Waals surface area contributed by atoms with Crippen LogP contribution in [0.15, 0.2) is 12.3 Å². The summed E-state index contributed by atoms with van der Waals surface area (Å²) in [6.07, 6.45) is 4.00. The Balaban J connectivity index is 2.21. The van der Waals surface area contributed by atoms with Gasteiger partial charge in [0.2, 0.25) is 0 Å². The molecule has 0 saturated heterocycles. The van der Waals surface area contributed by atoms with Gasteiger partial charge in [-0.3, -0.25) is 0 Å². The lowest BCUT2D eigenvalue weighted by molar-refractivity contribution is 0.0600. The normalized spacial score (nSPS) is 19.7. The van der Waals surface area contributed by atoms with E-state index in [1.807, 2.05) is 12.3 Å². The van der Waals surface area contributed by atoms with E-state index in [0.29, 0.717) is 5.56 Å². The maximum Gasteiger partial charge on any atom is 0.339 e. The highest BCUT2D eigenvalue weighted by atomic mass is 16.5. The third-order valence-corrected chi connectivity index (χ3v) is 2.87. The Bertz CT molecular complexity index is 370. The molecule has 1 aromatic rings. The number of ether oxygens (including phenoxy) is 2. The summed E-state index contributed by atoms with van der Waals surface area (Å²) in [5, 5.41) is 0. The standard InChI is InChI=1S/C11H15NO3/c1-14-10-3-4-12-7-8(11(13)15-2)5-9(12)6-10/h5,7,10H,3-4,6H2,1-2H3. The molecule has 0 radical (unpaired) electrons. The first-order valence-corrected chi connectivity index (χ1v) is 5.04. The van der Waals surface area contributed by atoms with E-state index in [4.69, 9.17) is 4.74 Å². The lowest BCUT2D eigenvalue weighted by Crippen LogP contribution is -2.24. The number of carbonyl (C=O) groups is 1. The molecule has 0 saturated carbocycles. The van der Waals surface area contributed by atoms with Crippen LogP contribution in [0.5, 0.6) is 0 Å². The quantitative estimate of drug-likeness (QED) is 0.688. The fourth-order valence-electron chi connectivity index (χ4n) is 1.98. The van der Waals surface area contributed by atoms with Crippen LogP contribution >= 0.6 is 0 Å². The van der Waals surface area contributed by atoms with E-state index in [-0.39, 0.29) is 12.1 Å². The summed E-state index contributed by atoms with van der Waals surface area (Å²) in [6.45, 7) is 0.908. The lowest BCUT2D eigenvalue weighted by Gasteiger charge is -2.22. The minimum Gasteiger partial charge on any atom is -0.465 e. The molecule has 0 aromatic carbocycles. The molecule has 4 nitrogen and oxygen atoms in total. The Morgan fingerprint density at radius 2 is 2.33 bits per heavy atom. The molecule has 4 heteroatoms. The summed E-state index contributed by atoms with van der Waals surface area (Å²) < 4.78 is 12.1. The van der Waals surface area contributed by atoms with E-state index in [0.717, 1.165) is 25.1 Å². The van der Waals surface area contributed by atoms with Gasteiger partial charge in [-0.15, -0.1) is 0 Å². The largest absolute Gasteiger partial charge is 0.465 e. The van der Waals surface area contributed by atoms with Crippen LogP contribution in [-0.4, -0.2) is 30.9 Å². The highest BCUT2D eigenvalue weighted by molar-refractivity contribution is 5.89. The van der Waals surface area contributed by atoms with E-state index >= 15 is 0 Å². The fourth-order valence-corrected chi connectivity index (χ4v) is 1.98. The Kier molecular flexibility index (Phi) is 2.77. The molecule has 0 amide bonds. The van der Waals surface area contributed by atoms with Crippen molar-refractivity contribution >= 4 is 5.97 Å². The first kappa shape index (κ1) is 10.2. The van der Waals surface area contributed by atoms with Crippen LogP contribution in [0.4, 0.5) is 0 Å². The molecule has 0 aliphatic carbocycles. The summed E-state index contributed by atoms with van der Waals surface area (Å²) >= 11 is 0. The average Bonchev–Trinajstić information content (AvgIpc) is 2.70. The SMILES string of the molecule is COC(=O)c1cc2n(c1)CCC(OC)C2. The second kappa shape index (κ2) is 4.06. The molecule has 1 aromatic heterocycles. The van der Waals surface area contributed by atoms with E-state index in [1.54, 1.807) is 7.11 Å². The fraction of sp³-hybridized carbons (Fsp3) is 0.545. The Labute approximate surface area is 88.8 Å². The number of nitrogens with zero attached hydrogens (tertiary/aromatic N) is 1. The van der Waals surface area contributed by atoms with Gasteiger partial charge in [0, 0.05) is 32.0 Å². The summed E-state index contributed by atoms with van der Waals surface area (Å²) in [7, 11) is 3.13. The monoisotopic (exact) mass is 209 g/mol. The molecule has 0 N–H and O–H groups in total. The lowest BCUT2D eigenvalue weighted by atomic mass is 10.1. The molecule has 2 rings (SSSR count). The average molecular weight is 209 g/mol. The highest BCUT2D eigenvalue weighted by Gasteiger charge is 2.20. The third kappa shape index (κ3) is 1.90. The van der Waals surface area contributed by atoms with Crippen molar-refractivity contribution in [2.24, 2.45) is 0 Å². The van der Waals surface area contributed by atoms with Crippen molar-refractivity contribution in [3.8, 4) is 0 Å². The second-order valence-corrected chi connectivity index (χ2v) is 3.76. The second-order valence-electron chi connectivity index (χ2n) is 3.76. The van der Waals surface area contributed by atoms with Crippen molar-refractivity contribution in [2.45, 2.75) is 25.5 Å². The first-order valence-electron chi connectivity index (χ1n) is 5.04. The minimum atomic E-state index is -0.272. The molecular formula is C11H15NO3. The molecule has 82 valence electrons. The van der Waals surface area contributed by atoms with Gasteiger partial charge >= 0.3 is 5.97 Å². The van der Waals surface area contributed by atoms with Gasteiger partial charge in [-0.05, 0) is 12.5 Å². The Morgan fingerprint density at radius 1 is 1.53 bits per heavy atom. The third-order valence-electron chi connectivity index (χ3n) is 2.87. The van der Waals surface area contributed by atoms with Crippen molar-refractivity contribution in [3.63, 3.8) is 0 Å². The van der Waals surface area contributed by atoms with Gasteiger partial charge in [-0.2, -0.15) is 0 Å². The van der Waals surface area contributed by atoms with Crippen LogP contribution in [0, 0.1) is 0 Å².